The summed E-state index contributed by atoms with van der Waals surface area (Å²) in [6.07, 6.45) is 0.787. The zero-order chi connectivity index (χ0) is 24.8. The molecule has 5 N–H and O–H groups in total. The van der Waals surface area contributed by atoms with Crippen LogP contribution in [0, 0.1) is 5.92 Å². The number of carbonyl (C=O) groups excluding carboxylic acids is 3. The number of amides is 3. The third-order valence-electron chi connectivity index (χ3n) is 5.06. The summed E-state index contributed by atoms with van der Waals surface area (Å²) in [7, 11) is 1.48. The Kier molecular flexibility index (Phi) is 8.24. The second kappa shape index (κ2) is 11.1. The van der Waals surface area contributed by atoms with E-state index < -0.39 is 17.9 Å². The quantitative estimate of drug-likeness (QED) is 0.389. The molecule has 1 aromatic carbocycles. The van der Waals surface area contributed by atoms with E-state index in [4.69, 9.17) is 16.2 Å². The fraction of sp³-hybridized carbons (Fsp3) is 0.304. The van der Waals surface area contributed by atoms with Gasteiger partial charge in [-0.15, -0.1) is 11.3 Å². The van der Waals surface area contributed by atoms with Crippen LogP contribution in [-0.4, -0.2) is 35.7 Å². The number of thiophene rings is 1. The molecule has 3 amide bonds. The van der Waals surface area contributed by atoms with Gasteiger partial charge in [0, 0.05) is 11.4 Å². The third kappa shape index (κ3) is 5.37. The summed E-state index contributed by atoms with van der Waals surface area (Å²) >= 11 is 2.11. The minimum atomic E-state index is -1.01. The zero-order valence-corrected chi connectivity index (χ0v) is 20.7. The maximum atomic E-state index is 13.9. The molecule has 0 unspecified atom stereocenters. The number of methoxy groups -OCH3 is 1. The van der Waals surface area contributed by atoms with Gasteiger partial charge in [-0.2, -0.15) is 4.37 Å². The Balaban J connectivity index is 2.15. The van der Waals surface area contributed by atoms with Gasteiger partial charge in [-0.1, -0.05) is 32.0 Å². The van der Waals surface area contributed by atoms with Gasteiger partial charge in [0.2, 0.25) is 5.91 Å². The average molecular weight is 502 g/mol. The molecule has 2 heterocycles. The largest absolute Gasteiger partial charge is 0.495 e. The van der Waals surface area contributed by atoms with Crippen molar-refractivity contribution in [1.29, 1.82) is 0 Å². The van der Waals surface area contributed by atoms with Gasteiger partial charge in [0.15, 0.2) is 11.7 Å². The number of nitrogens with one attached hydrogen (secondary N) is 1. The number of carbonyl (C=O) groups is 3. The fourth-order valence-electron chi connectivity index (χ4n) is 3.33. The Morgan fingerprint density at radius 3 is 2.50 bits per heavy atom. The highest BCUT2D eigenvalue weighted by Crippen LogP contribution is 2.38. The molecule has 0 aliphatic rings. The Bertz CT molecular complexity index is 1160. The Labute approximate surface area is 205 Å². The molecule has 0 saturated heterocycles. The summed E-state index contributed by atoms with van der Waals surface area (Å²) in [4.78, 5) is 41.1. The van der Waals surface area contributed by atoms with Crippen LogP contribution in [0.3, 0.4) is 0 Å². The predicted octanol–water partition coefficient (Wildman–Crippen LogP) is 3.44. The topological polar surface area (TPSA) is 141 Å². The van der Waals surface area contributed by atoms with E-state index in [9.17, 15) is 14.4 Å². The van der Waals surface area contributed by atoms with Gasteiger partial charge in [0.25, 0.3) is 11.8 Å². The summed E-state index contributed by atoms with van der Waals surface area (Å²) in [5, 5.41) is 4.78. The first-order valence-corrected chi connectivity index (χ1v) is 12.2. The van der Waals surface area contributed by atoms with Crippen molar-refractivity contribution in [2.75, 3.05) is 24.3 Å². The van der Waals surface area contributed by atoms with Crippen LogP contribution in [0.2, 0.25) is 0 Å². The number of aromatic nitrogens is 1. The van der Waals surface area contributed by atoms with E-state index in [1.807, 2.05) is 11.4 Å². The maximum absolute atomic E-state index is 13.9. The maximum Gasteiger partial charge on any atom is 0.273 e. The molecule has 0 bridgehead atoms. The van der Waals surface area contributed by atoms with Gasteiger partial charge in [0.05, 0.1) is 18.5 Å². The van der Waals surface area contributed by atoms with Crippen LogP contribution < -0.4 is 26.4 Å². The standard InChI is InChI=1S/C23H27N5O4S2/c1-13(2)10-11-26-22(30)19(16-9-6-12-33-16)28(14-7-4-5-8-15(14)32-3)23(31)20-17(24)18(21(25)29)27-34-20/h4-9,12-13,19H,10-11,24H2,1-3H3,(H2,25,29)(H,26,30)/t19-/m1/s1. The molecular weight excluding hydrogens is 474 g/mol. The molecule has 0 fully saturated rings. The number of hydrogen-bond donors (Lipinski definition) is 3. The predicted molar refractivity (Wildman–Crippen MR) is 134 cm³/mol. The van der Waals surface area contributed by atoms with E-state index in [0.717, 1.165) is 18.0 Å². The highest BCUT2D eigenvalue weighted by atomic mass is 32.1. The lowest BCUT2D eigenvalue weighted by molar-refractivity contribution is -0.122. The van der Waals surface area contributed by atoms with Crippen LogP contribution in [0.1, 0.15) is 51.3 Å². The molecule has 2 aromatic heterocycles. The molecule has 3 aromatic rings. The van der Waals surface area contributed by atoms with Crippen molar-refractivity contribution < 1.29 is 19.1 Å². The van der Waals surface area contributed by atoms with Crippen LogP contribution in [0.25, 0.3) is 0 Å². The molecule has 34 heavy (non-hydrogen) atoms. The van der Waals surface area contributed by atoms with Gasteiger partial charge in [0.1, 0.15) is 10.6 Å². The van der Waals surface area contributed by atoms with E-state index in [1.165, 1.54) is 23.3 Å². The Hall–Kier alpha value is -3.44. The van der Waals surface area contributed by atoms with Crippen molar-refractivity contribution in [3.05, 3.63) is 57.2 Å². The monoisotopic (exact) mass is 501 g/mol. The molecule has 9 nitrogen and oxygen atoms in total. The molecular formula is C23H27N5O4S2. The van der Waals surface area contributed by atoms with Crippen molar-refractivity contribution >= 4 is 52.0 Å². The Morgan fingerprint density at radius 2 is 1.91 bits per heavy atom. The number of nitrogen functional groups attached to an aromatic ring is 1. The van der Waals surface area contributed by atoms with Crippen LogP contribution in [0.4, 0.5) is 11.4 Å². The summed E-state index contributed by atoms with van der Waals surface area (Å²) in [5.41, 5.74) is 11.5. The lowest BCUT2D eigenvalue weighted by atomic mass is 10.1. The van der Waals surface area contributed by atoms with Crippen LogP contribution >= 0.6 is 22.9 Å². The van der Waals surface area contributed by atoms with Crippen LogP contribution in [-0.2, 0) is 4.79 Å². The molecule has 0 aliphatic heterocycles. The lowest BCUT2D eigenvalue weighted by Crippen LogP contribution is -2.44. The van der Waals surface area contributed by atoms with Crippen molar-refractivity contribution in [3.63, 3.8) is 0 Å². The number of ether oxygens (including phenoxy) is 1. The van der Waals surface area contributed by atoms with Crippen LogP contribution in [0.15, 0.2) is 41.8 Å². The molecule has 11 heteroatoms. The number of para-hydroxylation sites is 2. The normalized spacial score (nSPS) is 11.8. The number of nitrogens with two attached hydrogens (primary N) is 2. The summed E-state index contributed by atoms with van der Waals surface area (Å²) < 4.78 is 9.46. The van der Waals surface area contributed by atoms with Crippen molar-refractivity contribution in [2.45, 2.75) is 26.3 Å². The minimum absolute atomic E-state index is 0.0104. The van der Waals surface area contributed by atoms with Gasteiger partial charge in [-0.3, -0.25) is 19.3 Å². The van der Waals surface area contributed by atoms with E-state index in [0.29, 0.717) is 28.8 Å². The number of anilines is 2. The number of benzene rings is 1. The smallest absolute Gasteiger partial charge is 0.273 e. The number of primary amides is 1. The average Bonchev–Trinajstić information content (AvgIpc) is 3.46. The van der Waals surface area contributed by atoms with Gasteiger partial charge in [-0.05, 0) is 47.5 Å². The molecule has 3 rings (SSSR count). The van der Waals surface area contributed by atoms with E-state index >= 15 is 0 Å². The second-order valence-electron chi connectivity index (χ2n) is 7.88. The number of rotatable bonds is 10. The van der Waals surface area contributed by atoms with Crippen molar-refractivity contribution in [2.24, 2.45) is 11.7 Å². The highest BCUT2D eigenvalue weighted by Gasteiger charge is 2.37. The first-order valence-electron chi connectivity index (χ1n) is 10.6. The zero-order valence-electron chi connectivity index (χ0n) is 19.1. The van der Waals surface area contributed by atoms with Gasteiger partial charge in [-0.25, -0.2) is 0 Å². The lowest BCUT2D eigenvalue weighted by Gasteiger charge is -2.31. The third-order valence-corrected chi connectivity index (χ3v) is 6.83. The van der Waals surface area contributed by atoms with E-state index in [-0.39, 0.29) is 22.2 Å². The highest BCUT2D eigenvalue weighted by molar-refractivity contribution is 7.10. The van der Waals surface area contributed by atoms with E-state index in [1.54, 1.807) is 30.3 Å². The van der Waals surface area contributed by atoms with Crippen molar-refractivity contribution in [1.82, 2.24) is 9.69 Å². The molecule has 0 spiro atoms. The Morgan fingerprint density at radius 1 is 1.18 bits per heavy atom. The van der Waals surface area contributed by atoms with Gasteiger partial charge < -0.3 is 21.5 Å². The fourth-order valence-corrected chi connectivity index (χ4v) is 4.89. The number of hydrogen-bond acceptors (Lipinski definition) is 8. The molecule has 0 radical (unpaired) electrons. The summed E-state index contributed by atoms with van der Waals surface area (Å²) in [6.45, 7) is 4.59. The van der Waals surface area contributed by atoms with Gasteiger partial charge >= 0.3 is 0 Å². The molecule has 180 valence electrons. The number of nitrogens with zero attached hydrogens (tertiary/aromatic N) is 2. The SMILES string of the molecule is COc1ccccc1N(C(=O)c1snc(C(N)=O)c1N)[C@@H](C(=O)NCCC(C)C)c1cccs1. The van der Waals surface area contributed by atoms with E-state index in [2.05, 4.69) is 23.5 Å². The van der Waals surface area contributed by atoms with Crippen LogP contribution in [0.5, 0.6) is 5.75 Å². The van der Waals surface area contributed by atoms with Crippen molar-refractivity contribution in [3.8, 4) is 5.75 Å². The molecule has 0 saturated carbocycles. The minimum Gasteiger partial charge on any atom is -0.495 e. The molecule has 1 atom stereocenters. The summed E-state index contributed by atoms with van der Waals surface area (Å²) in [6, 6.07) is 9.48. The second-order valence-corrected chi connectivity index (χ2v) is 9.63. The summed E-state index contributed by atoms with van der Waals surface area (Å²) in [5.74, 6) is -0.981. The molecule has 0 aliphatic carbocycles. The first kappa shape index (κ1) is 25.2. The first-order chi connectivity index (χ1) is 16.3.